The standard InChI is InChI=1S/C11H9ClFN3O3/c1-19-11-10(16(17)18)6-15(14-11)5-7-8(12)3-2-4-9(7)13/h2-4,6H,5H2,1H3. The molecule has 0 radical (unpaired) electrons. The molecule has 1 heterocycles. The Bertz CT molecular complexity index is 609. The SMILES string of the molecule is COc1nn(Cc2c(F)cccc2Cl)cc1[N+](=O)[O-]. The number of aromatic nitrogens is 2. The van der Waals surface area contributed by atoms with Crippen molar-refractivity contribution in [2.45, 2.75) is 6.54 Å². The Morgan fingerprint density at radius 1 is 1.58 bits per heavy atom. The third kappa shape index (κ3) is 2.65. The van der Waals surface area contributed by atoms with Crippen LogP contribution in [0.15, 0.2) is 24.4 Å². The average molecular weight is 286 g/mol. The van der Waals surface area contributed by atoms with Gasteiger partial charge in [-0.05, 0) is 12.1 Å². The Morgan fingerprint density at radius 2 is 2.32 bits per heavy atom. The molecule has 0 saturated heterocycles. The maximum atomic E-state index is 13.6. The van der Waals surface area contributed by atoms with E-state index in [1.54, 1.807) is 0 Å². The lowest BCUT2D eigenvalue weighted by atomic mass is 10.2. The fourth-order valence-electron chi connectivity index (χ4n) is 1.59. The van der Waals surface area contributed by atoms with Gasteiger partial charge in [0.15, 0.2) is 0 Å². The number of nitrogens with zero attached hydrogens (tertiary/aromatic N) is 3. The van der Waals surface area contributed by atoms with Crippen molar-refractivity contribution in [2.75, 3.05) is 7.11 Å². The van der Waals surface area contributed by atoms with Crippen LogP contribution >= 0.6 is 11.6 Å². The number of halogens is 2. The van der Waals surface area contributed by atoms with Gasteiger partial charge in [0.05, 0.1) is 18.6 Å². The summed E-state index contributed by atoms with van der Waals surface area (Å²) in [5.74, 6) is -0.623. The van der Waals surface area contributed by atoms with Gasteiger partial charge in [-0.1, -0.05) is 17.7 Å². The molecule has 1 aromatic carbocycles. The molecule has 0 N–H and O–H groups in total. The van der Waals surface area contributed by atoms with E-state index in [9.17, 15) is 14.5 Å². The zero-order valence-electron chi connectivity index (χ0n) is 9.84. The van der Waals surface area contributed by atoms with Crippen molar-refractivity contribution in [3.8, 4) is 5.88 Å². The van der Waals surface area contributed by atoms with E-state index in [4.69, 9.17) is 16.3 Å². The van der Waals surface area contributed by atoms with E-state index in [1.807, 2.05) is 0 Å². The number of hydrogen-bond acceptors (Lipinski definition) is 4. The van der Waals surface area contributed by atoms with Crippen LogP contribution in [0, 0.1) is 15.9 Å². The van der Waals surface area contributed by atoms with Crippen molar-refractivity contribution in [2.24, 2.45) is 0 Å². The molecule has 0 aliphatic carbocycles. The molecule has 2 rings (SSSR count). The van der Waals surface area contributed by atoms with Crippen LogP contribution < -0.4 is 4.74 Å². The molecule has 0 amide bonds. The minimum absolute atomic E-state index is 0.0181. The van der Waals surface area contributed by atoms with Gasteiger partial charge >= 0.3 is 11.6 Å². The molecular formula is C11H9ClFN3O3. The molecule has 0 saturated carbocycles. The van der Waals surface area contributed by atoms with E-state index in [-0.39, 0.29) is 28.7 Å². The topological polar surface area (TPSA) is 70.2 Å². The second kappa shape index (κ2) is 5.23. The van der Waals surface area contributed by atoms with E-state index in [1.165, 1.54) is 36.2 Å². The summed E-state index contributed by atoms with van der Waals surface area (Å²) in [6.45, 7) is -0.0181. The summed E-state index contributed by atoms with van der Waals surface area (Å²) in [6, 6.07) is 4.28. The lowest BCUT2D eigenvalue weighted by molar-refractivity contribution is -0.385. The van der Waals surface area contributed by atoms with E-state index in [0.29, 0.717) is 0 Å². The molecule has 6 nitrogen and oxygen atoms in total. The Labute approximate surface area is 112 Å². The van der Waals surface area contributed by atoms with E-state index in [0.717, 1.165) is 0 Å². The van der Waals surface area contributed by atoms with Crippen LogP contribution in [0.5, 0.6) is 5.88 Å². The normalized spacial score (nSPS) is 10.5. The number of ether oxygens (including phenoxy) is 1. The largest absolute Gasteiger partial charge is 0.475 e. The summed E-state index contributed by atoms with van der Waals surface area (Å²) < 4.78 is 19.6. The van der Waals surface area contributed by atoms with Crippen molar-refractivity contribution in [1.82, 2.24) is 9.78 Å². The first-order valence-electron chi connectivity index (χ1n) is 5.21. The minimum Gasteiger partial charge on any atom is -0.475 e. The van der Waals surface area contributed by atoms with Crippen molar-refractivity contribution < 1.29 is 14.1 Å². The Morgan fingerprint density at radius 3 is 2.84 bits per heavy atom. The monoisotopic (exact) mass is 285 g/mol. The molecular weight excluding hydrogens is 277 g/mol. The van der Waals surface area contributed by atoms with Crippen LogP contribution in [0.4, 0.5) is 10.1 Å². The van der Waals surface area contributed by atoms with Gasteiger partial charge in [-0.3, -0.25) is 14.8 Å². The predicted octanol–water partition coefficient (Wildman–Crippen LogP) is 2.64. The zero-order valence-corrected chi connectivity index (χ0v) is 10.6. The fourth-order valence-corrected chi connectivity index (χ4v) is 1.81. The van der Waals surface area contributed by atoms with Crippen LogP contribution in [-0.4, -0.2) is 21.8 Å². The first-order chi connectivity index (χ1) is 9.02. The van der Waals surface area contributed by atoms with Crippen LogP contribution in [0.25, 0.3) is 0 Å². The summed E-state index contributed by atoms with van der Waals surface area (Å²) in [7, 11) is 1.27. The minimum atomic E-state index is -0.620. The Hall–Kier alpha value is -2.15. The van der Waals surface area contributed by atoms with Gasteiger partial charge < -0.3 is 4.74 Å². The summed E-state index contributed by atoms with van der Waals surface area (Å²) in [5, 5.41) is 14.8. The number of methoxy groups -OCH3 is 1. The molecule has 0 aliphatic rings. The van der Waals surface area contributed by atoms with Crippen molar-refractivity contribution in [1.29, 1.82) is 0 Å². The smallest absolute Gasteiger partial charge is 0.350 e. The second-order valence-electron chi connectivity index (χ2n) is 3.68. The van der Waals surface area contributed by atoms with Crippen LogP contribution in [-0.2, 0) is 6.54 Å². The summed E-state index contributed by atoms with van der Waals surface area (Å²) in [4.78, 5) is 10.1. The third-order valence-electron chi connectivity index (χ3n) is 2.48. The van der Waals surface area contributed by atoms with E-state index < -0.39 is 10.7 Å². The first kappa shape index (κ1) is 13.3. The Kier molecular flexibility index (Phi) is 3.66. The number of rotatable bonds is 4. The lowest BCUT2D eigenvalue weighted by Crippen LogP contribution is -2.03. The third-order valence-corrected chi connectivity index (χ3v) is 2.84. The molecule has 0 atom stereocenters. The molecule has 8 heteroatoms. The van der Waals surface area contributed by atoms with E-state index >= 15 is 0 Å². The molecule has 0 unspecified atom stereocenters. The van der Waals surface area contributed by atoms with Crippen LogP contribution in [0.2, 0.25) is 5.02 Å². The molecule has 0 fully saturated rings. The molecule has 0 spiro atoms. The van der Waals surface area contributed by atoms with Gasteiger partial charge in [0, 0.05) is 10.6 Å². The molecule has 19 heavy (non-hydrogen) atoms. The summed E-state index contributed by atoms with van der Waals surface area (Å²) in [5.41, 5.74) is -0.0702. The number of benzene rings is 1. The van der Waals surface area contributed by atoms with Crippen molar-refractivity contribution >= 4 is 17.3 Å². The van der Waals surface area contributed by atoms with Gasteiger partial charge in [-0.2, -0.15) is 0 Å². The second-order valence-corrected chi connectivity index (χ2v) is 4.09. The van der Waals surface area contributed by atoms with E-state index in [2.05, 4.69) is 5.10 Å². The maximum absolute atomic E-state index is 13.6. The molecule has 2 aromatic rings. The highest BCUT2D eigenvalue weighted by molar-refractivity contribution is 6.31. The van der Waals surface area contributed by atoms with Gasteiger partial charge in [0.25, 0.3) is 0 Å². The molecule has 0 aliphatic heterocycles. The summed E-state index contributed by atoms with van der Waals surface area (Å²) in [6.07, 6.45) is 1.17. The highest BCUT2D eigenvalue weighted by atomic mass is 35.5. The van der Waals surface area contributed by atoms with Crippen molar-refractivity contribution in [3.05, 3.63) is 50.9 Å². The fraction of sp³-hybridized carbons (Fsp3) is 0.182. The zero-order chi connectivity index (χ0) is 14.0. The van der Waals surface area contributed by atoms with Crippen LogP contribution in [0.1, 0.15) is 5.56 Å². The molecule has 100 valence electrons. The van der Waals surface area contributed by atoms with Gasteiger partial charge in [-0.25, -0.2) is 4.39 Å². The molecule has 0 bridgehead atoms. The quantitative estimate of drug-likeness (QED) is 0.639. The first-order valence-corrected chi connectivity index (χ1v) is 5.59. The van der Waals surface area contributed by atoms with Crippen molar-refractivity contribution in [3.63, 3.8) is 0 Å². The molecule has 1 aromatic heterocycles. The average Bonchev–Trinajstić information content (AvgIpc) is 2.77. The Balaban J connectivity index is 2.36. The van der Waals surface area contributed by atoms with Crippen LogP contribution in [0.3, 0.4) is 0 Å². The number of hydrogen-bond donors (Lipinski definition) is 0. The highest BCUT2D eigenvalue weighted by Crippen LogP contribution is 2.26. The lowest BCUT2D eigenvalue weighted by Gasteiger charge is -2.05. The predicted molar refractivity (Wildman–Crippen MR) is 65.9 cm³/mol. The van der Waals surface area contributed by atoms with Gasteiger partial charge in [0.2, 0.25) is 0 Å². The van der Waals surface area contributed by atoms with Gasteiger partial charge in [0.1, 0.15) is 12.0 Å². The number of nitro groups is 1. The van der Waals surface area contributed by atoms with Gasteiger partial charge in [-0.15, -0.1) is 5.10 Å². The summed E-state index contributed by atoms with van der Waals surface area (Å²) >= 11 is 5.88. The highest BCUT2D eigenvalue weighted by Gasteiger charge is 2.21. The maximum Gasteiger partial charge on any atom is 0.350 e.